The highest BCUT2D eigenvalue weighted by Crippen LogP contribution is 2.68. The molecule has 0 radical (unpaired) electrons. The lowest BCUT2D eigenvalue weighted by Gasteiger charge is -2.61. The summed E-state index contributed by atoms with van der Waals surface area (Å²) in [4.78, 5) is 60.9. The number of hydrogen-bond acceptors (Lipinski definition) is 8. The maximum absolute atomic E-state index is 13.6. The fourth-order valence-corrected chi connectivity index (χ4v) is 8.06. The average Bonchev–Trinajstić information content (AvgIpc) is 3.05. The van der Waals surface area contributed by atoms with Crippen molar-refractivity contribution in [3.05, 3.63) is 23.8 Å². The normalized spacial score (nSPS) is 40.9. The first-order valence-electron chi connectivity index (χ1n) is 12.5. The molecule has 0 spiro atoms. The van der Waals surface area contributed by atoms with Gasteiger partial charge in [-0.15, -0.1) is 0 Å². The highest BCUT2D eigenvalue weighted by atomic mass is 16.6. The summed E-state index contributed by atoms with van der Waals surface area (Å²) in [6, 6.07) is 0. The summed E-state index contributed by atoms with van der Waals surface area (Å²) >= 11 is 0. The molecule has 0 bridgehead atoms. The number of allylic oxidation sites excluding steroid dienone is 4. The van der Waals surface area contributed by atoms with Crippen LogP contribution in [0.1, 0.15) is 59.8 Å². The molecule has 9 nitrogen and oxygen atoms in total. The van der Waals surface area contributed by atoms with E-state index in [1.165, 1.54) is 6.92 Å². The molecule has 0 aromatic rings. The van der Waals surface area contributed by atoms with Crippen molar-refractivity contribution in [1.29, 1.82) is 0 Å². The van der Waals surface area contributed by atoms with Crippen molar-refractivity contribution < 1.29 is 43.7 Å². The zero-order chi connectivity index (χ0) is 26.6. The zero-order valence-electron chi connectivity index (χ0n) is 21.1. The molecular weight excluding hydrogens is 468 g/mol. The van der Waals surface area contributed by atoms with Gasteiger partial charge in [0.15, 0.2) is 18.0 Å². The molecule has 4 aliphatic rings. The monoisotopic (exact) mass is 502 g/mol. The van der Waals surface area contributed by atoms with Gasteiger partial charge >= 0.3 is 17.9 Å². The van der Waals surface area contributed by atoms with Crippen LogP contribution in [0.5, 0.6) is 0 Å². The summed E-state index contributed by atoms with van der Waals surface area (Å²) in [5.41, 5.74) is -2.24. The number of aliphatic hydroxyl groups excluding tert-OH is 1. The maximum atomic E-state index is 13.6. The Hall–Kier alpha value is -2.81. The van der Waals surface area contributed by atoms with Gasteiger partial charge in [0.05, 0.1) is 6.10 Å². The lowest BCUT2D eigenvalue weighted by atomic mass is 9.44. The van der Waals surface area contributed by atoms with E-state index >= 15 is 0 Å². The second-order valence-corrected chi connectivity index (χ2v) is 11.4. The van der Waals surface area contributed by atoms with Crippen molar-refractivity contribution in [2.45, 2.75) is 71.5 Å². The molecule has 36 heavy (non-hydrogen) atoms. The summed E-state index contributed by atoms with van der Waals surface area (Å²) in [6.45, 7) is 6.49. The van der Waals surface area contributed by atoms with Gasteiger partial charge in [0, 0.05) is 23.7 Å². The van der Waals surface area contributed by atoms with Crippen LogP contribution in [-0.2, 0) is 33.4 Å². The van der Waals surface area contributed by atoms with E-state index in [4.69, 9.17) is 14.6 Å². The third kappa shape index (κ3) is 3.92. The Morgan fingerprint density at radius 1 is 1.19 bits per heavy atom. The van der Waals surface area contributed by atoms with Crippen LogP contribution in [0.4, 0.5) is 0 Å². The largest absolute Gasteiger partial charge is 0.481 e. The first-order valence-corrected chi connectivity index (χ1v) is 12.5. The minimum Gasteiger partial charge on any atom is -0.481 e. The van der Waals surface area contributed by atoms with Gasteiger partial charge in [-0.25, -0.2) is 0 Å². The van der Waals surface area contributed by atoms with Gasteiger partial charge in [0.1, 0.15) is 6.42 Å². The summed E-state index contributed by atoms with van der Waals surface area (Å²) < 4.78 is 10.7. The molecule has 4 rings (SSSR count). The van der Waals surface area contributed by atoms with Crippen LogP contribution in [0.3, 0.4) is 0 Å². The van der Waals surface area contributed by atoms with Crippen molar-refractivity contribution in [1.82, 2.24) is 0 Å². The van der Waals surface area contributed by atoms with Gasteiger partial charge in [0.25, 0.3) is 0 Å². The highest BCUT2D eigenvalue weighted by Gasteiger charge is 2.70. The molecule has 3 saturated carbocycles. The molecule has 0 unspecified atom stereocenters. The van der Waals surface area contributed by atoms with Crippen LogP contribution in [0.25, 0.3) is 0 Å². The van der Waals surface area contributed by atoms with Gasteiger partial charge in [0.2, 0.25) is 5.78 Å². The zero-order valence-corrected chi connectivity index (χ0v) is 21.1. The quantitative estimate of drug-likeness (QED) is 0.413. The SMILES string of the molecule is CC(=O)OCC(=O)[C@@]1(OC(=O)CC(=O)O)CC[C@H]2[C@@H]3C[C@H](C)C4=CC(=O)C=C[C@]4(C)[C@H]3[C@@H](O)C[C@@]21C. The van der Waals surface area contributed by atoms with Gasteiger partial charge in [-0.2, -0.15) is 0 Å². The molecule has 2 N–H and O–H groups in total. The van der Waals surface area contributed by atoms with Gasteiger partial charge in [-0.3, -0.25) is 24.0 Å². The number of ether oxygens (including phenoxy) is 2. The Balaban J connectivity index is 1.75. The second kappa shape index (κ2) is 8.94. The summed E-state index contributed by atoms with van der Waals surface area (Å²) in [5, 5.41) is 20.7. The van der Waals surface area contributed by atoms with Gasteiger partial charge < -0.3 is 19.7 Å². The second-order valence-electron chi connectivity index (χ2n) is 11.4. The van der Waals surface area contributed by atoms with Crippen LogP contribution >= 0.6 is 0 Å². The number of aliphatic hydroxyl groups is 1. The van der Waals surface area contributed by atoms with E-state index in [0.29, 0.717) is 12.8 Å². The highest BCUT2D eigenvalue weighted by molar-refractivity contribution is 6.01. The summed E-state index contributed by atoms with van der Waals surface area (Å²) in [5.74, 6) is -4.02. The van der Waals surface area contributed by atoms with E-state index in [0.717, 1.165) is 5.57 Å². The van der Waals surface area contributed by atoms with Crippen molar-refractivity contribution in [3.8, 4) is 0 Å². The van der Waals surface area contributed by atoms with Crippen molar-refractivity contribution >= 4 is 29.5 Å². The Labute approximate surface area is 209 Å². The summed E-state index contributed by atoms with van der Waals surface area (Å²) in [6.07, 6.45) is 4.87. The molecule has 9 heteroatoms. The predicted octanol–water partition coefficient (Wildman–Crippen LogP) is 2.40. The van der Waals surface area contributed by atoms with E-state index in [1.54, 1.807) is 12.2 Å². The van der Waals surface area contributed by atoms with Crippen molar-refractivity contribution in [2.75, 3.05) is 6.61 Å². The summed E-state index contributed by atoms with van der Waals surface area (Å²) in [7, 11) is 0. The maximum Gasteiger partial charge on any atom is 0.318 e. The minimum atomic E-state index is -1.72. The molecule has 0 aromatic heterocycles. The lowest BCUT2D eigenvalue weighted by Crippen LogP contribution is -2.63. The third-order valence-electron chi connectivity index (χ3n) is 9.38. The number of rotatable bonds is 6. The fourth-order valence-electron chi connectivity index (χ4n) is 8.06. The first-order chi connectivity index (χ1) is 16.7. The van der Waals surface area contributed by atoms with Crippen molar-refractivity contribution in [3.63, 3.8) is 0 Å². The molecular formula is C27H34O9. The van der Waals surface area contributed by atoms with Crippen LogP contribution in [-0.4, -0.2) is 58.0 Å². The first kappa shape index (κ1) is 26.3. The number of Topliss-reactive ketones (excluding diaryl/α,β-unsaturated/α-hetero) is 1. The van der Waals surface area contributed by atoms with Crippen molar-refractivity contribution in [2.24, 2.45) is 34.5 Å². The molecule has 0 heterocycles. The molecule has 0 saturated heterocycles. The van der Waals surface area contributed by atoms with E-state index < -0.39 is 59.3 Å². The number of esters is 2. The molecule has 4 aliphatic carbocycles. The predicted molar refractivity (Wildman–Crippen MR) is 125 cm³/mol. The topological polar surface area (TPSA) is 144 Å². The third-order valence-corrected chi connectivity index (χ3v) is 9.38. The van der Waals surface area contributed by atoms with Gasteiger partial charge in [-0.05, 0) is 55.6 Å². The molecule has 0 aliphatic heterocycles. The van der Waals surface area contributed by atoms with E-state index in [1.807, 2.05) is 19.9 Å². The average molecular weight is 503 g/mol. The molecule has 196 valence electrons. The molecule has 0 aromatic carbocycles. The van der Waals surface area contributed by atoms with E-state index in [-0.39, 0.29) is 42.3 Å². The Kier molecular flexibility index (Phi) is 6.52. The number of hydrogen-bond donors (Lipinski definition) is 2. The molecule has 8 atom stereocenters. The number of carboxylic acid groups (broad SMARTS) is 1. The smallest absolute Gasteiger partial charge is 0.318 e. The Morgan fingerprint density at radius 2 is 1.89 bits per heavy atom. The molecule has 0 amide bonds. The number of aliphatic carboxylic acids is 1. The number of carbonyl (C=O) groups excluding carboxylic acids is 4. The van der Waals surface area contributed by atoms with Crippen LogP contribution in [0.2, 0.25) is 0 Å². The van der Waals surface area contributed by atoms with E-state index in [9.17, 15) is 29.1 Å². The molecule has 3 fully saturated rings. The van der Waals surface area contributed by atoms with Crippen LogP contribution in [0.15, 0.2) is 23.8 Å². The lowest BCUT2D eigenvalue weighted by molar-refractivity contribution is -0.202. The standard InChI is InChI=1S/C27H34O9/c1-14-9-17-18-6-8-27(21(31)13-35-15(2)28,36-23(34)11-22(32)33)26(18,4)12-20(30)24(17)25(3)7-5-16(29)10-19(14)25/h5,7,10,14,17-18,20,24,30H,6,8-9,11-13H2,1-4H3,(H,32,33)/t14-,17-,18-,20-,24+,25-,26-,27-/m0/s1. The number of carbonyl (C=O) groups is 5. The van der Waals surface area contributed by atoms with E-state index in [2.05, 4.69) is 6.92 Å². The number of carboxylic acids is 1. The van der Waals surface area contributed by atoms with Crippen LogP contribution < -0.4 is 0 Å². The Bertz CT molecular complexity index is 1070. The number of ketones is 2. The minimum absolute atomic E-state index is 0.0321. The van der Waals surface area contributed by atoms with Crippen LogP contribution in [0, 0.1) is 34.5 Å². The fraction of sp³-hybridized carbons (Fsp3) is 0.667. The Morgan fingerprint density at radius 3 is 2.53 bits per heavy atom. The van der Waals surface area contributed by atoms with Gasteiger partial charge in [-0.1, -0.05) is 32.4 Å². The number of fused-ring (bicyclic) bond motifs is 5.